The number of hydrogen-bond acceptors (Lipinski definition) is 10. The van der Waals surface area contributed by atoms with Gasteiger partial charge in [0.25, 0.3) is 15.9 Å². The number of aromatic nitrogens is 4. The maximum Gasteiger partial charge on any atom is 0.272 e. The number of halogens is 1. The molecule has 0 unspecified atom stereocenters. The van der Waals surface area contributed by atoms with Crippen LogP contribution in [0.5, 0.6) is 5.75 Å². The number of nitrogens with one attached hydrogen (secondary N) is 1. The van der Waals surface area contributed by atoms with Crippen LogP contribution in [0.3, 0.4) is 0 Å². The lowest BCUT2D eigenvalue weighted by molar-refractivity contribution is 0.102. The number of carbonyl (C=O) groups is 1. The fourth-order valence-electron chi connectivity index (χ4n) is 2.89. The van der Waals surface area contributed by atoms with Crippen LogP contribution < -0.4 is 10.1 Å². The molecule has 0 saturated heterocycles. The molecule has 0 fully saturated rings. The van der Waals surface area contributed by atoms with Crippen LogP contribution in [0.15, 0.2) is 57.4 Å². The number of ether oxygens (including phenoxy) is 1. The summed E-state index contributed by atoms with van der Waals surface area (Å²) in [5.74, 6) is 0.591. The van der Waals surface area contributed by atoms with Crippen molar-refractivity contribution in [3.63, 3.8) is 0 Å². The second kappa shape index (κ2) is 10.5. The van der Waals surface area contributed by atoms with Crippen LogP contribution in [0, 0.1) is 0 Å². The van der Waals surface area contributed by atoms with Gasteiger partial charge in [-0.05, 0) is 43.3 Å². The molecule has 35 heavy (non-hydrogen) atoms. The van der Waals surface area contributed by atoms with Crippen molar-refractivity contribution >= 4 is 44.0 Å². The van der Waals surface area contributed by atoms with Crippen LogP contribution >= 0.6 is 22.9 Å². The molecule has 11 nitrogen and oxygen atoms in total. The van der Waals surface area contributed by atoms with Crippen molar-refractivity contribution in [1.82, 2.24) is 24.6 Å². The van der Waals surface area contributed by atoms with E-state index in [4.69, 9.17) is 20.9 Å². The lowest BCUT2D eigenvalue weighted by atomic mass is 10.2. The Bertz CT molecular complexity index is 1440. The zero-order valence-electron chi connectivity index (χ0n) is 18.5. The Balaban J connectivity index is 1.43. The zero-order valence-corrected chi connectivity index (χ0v) is 20.9. The molecule has 4 aromatic rings. The first kappa shape index (κ1) is 24.7. The molecule has 0 aliphatic carbocycles. The quantitative estimate of drug-likeness (QED) is 0.318. The highest BCUT2D eigenvalue weighted by Gasteiger charge is 2.28. The summed E-state index contributed by atoms with van der Waals surface area (Å²) in [7, 11) is -2.69. The second-order valence-electron chi connectivity index (χ2n) is 7.04. The van der Waals surface area contributed by atoms with Crippen LogP contribution in [0.25, 0.3) is 11.4 Å². The van der Waals surface area contributed by atoms with Gasteiger partial charge in [-0.15, -0.1) is 10.2 Å². The fraction of sp³-hybridized carbons (Fsp3) is 0.190. The predicted octanol–water partition coefficient (Wildman–Crippen LogP) is 3.71. The highest BCUT2D eigenvalue weighted by molar-refractivity contribution is 7.91. The van der Waals surface area contributed by atoms with Crippen molar-refractivity contribution in [2.75, 3.05) is 19.0 Å². The van der Waals surface area contributed by atoms with Crippen LogP contribution in [0.4, 0.5) is 5.13 Å². The number of benzene rings is 2. The molecular weight excluding hydrogens is 516 g/mol. The molecule has 0 saturated carbocycles. The SMILES string of the molecule is CCOc1ccc(-c2noc(CN(C)S(=O)(=O)c3nnc(NC(=O)c4ccccc4Cl)s3)n2)cc1. The molecule has 2 aromatic heterocycles. The van der Waals surface area contributed by atoms with Crippen LogP contribution in [0.2, 0.25) is 5.02 Å². The third-order valence-corrected chi connectivity index (χ3v) is 7.94. The molecule has 2 heterocycles. The fourth-order valence-corrected chi connectivity index (χ4v) is 5.31. The van der Waals surface area contributed by atoms with Crippen molar-refractivity contribution in [3.05, 3.63) is 65.0 Å². The highest BCUT2D eigenvalue weighted by Crippen LogP contribution is 2.26. The summed E-state index contributed by atoms with van der Waals surface area (Å²) < 4.78 is 37.2. The number of anilines is 1. The number of amides is 1. The van der Waals surface area contributed by atoms with Gasteiger partial charge < -0.3 is 9.26 Å². The smallest absolute Gasteiger partial charge is 0.272 e. The molecule has 2 aromatic carbocycles. The maximum atomic E-state index is 12.9. The average Bonchev–Trinajstić information content (AvgIpc) is 3.50. The first-order valence-electron chi connectivity index (χ1n) is 10.2. The molecule has 0 bridgehead atoms. The van der Waals surface area contributed by atoms with E-state index in [9.17, 15) is 13.2 Å². The molecular formula is C21H19ClN6O5S2. The number of carbonyl (C=O) groups excluding carboxylic acids is 1. The van der Waals surface area contributed by atoms with E-state index >= 15 is 0 Å². The van der Waals surface area contributed by atoms with E-state index in [1.165, 1.54) is 13.1 Å². The monoisotopic (exact) mass is 534 g/mol. The van der Waals surface area contributed by atoms with E-state index in [0.717, 1.165) is 4.31 Å². The van der Waals surface area contributed by atoms with Gasteiger partial charge in [0.15, 0.2) is 0 Å². The summed E-state index contributed by atoms with van der Waals surface area (Å²) in [5.41, 5.74) is 0.919. The Labute approximate surface area is 209 Å². The van der Waals surface area contributed by atoms with Gasteiger partial charge in [0.2, 0.25) is 21.2 Å². The van der Waals surface area contributed by atoms with Gasteiger partial charge in [0.05, 0.1) is 23.7 Å². The summed E-state index contributed by atoms with van der Waals surface area (Å²) in [5, 5.41) is 14.1. The Morgan fingerprint density at radius 2 is 1.91 bits per heavy atom. The Morgan fingerprint density at radius 3 is 2.63 bits per heavy atom. The molecule has 1 N–H and O–H groups in total. The van der Waals surface area contributed by atoms with Gasteiger partial charge in [-0.3, -0.25) is 10.1 Å². The van der Waals surface area contributed by atoms with Crippen molar-refractivity contribution < 1.29 is 22.5 Å². The third-order valence-electron chi connectivity index (χ3n) is 4.63. The first-order chi connectivity index (χ1) is 16.8. The van der Waals surface area contributed by atoms with E-state index in [0.29, 0.717) is 35.1 Å². The topological polar surface area (TPSA) is 140 Å². The summed E-state index contributed by atoms with van der Waals surface area (Å²) in [6.07, 6.45) is 0. The molecule has 4 rings (SSSR count). The molecule has 0 aliphatic heterocycles. The van der Waals surface area contributed by atoms with E-state index in [1.807, 2.05) is 6.92 Å². The molecule has 14 heteroatoms. The average molecular weight is 535 g/mol. The van der Waals surface area contributed by atoms with Crippen molar-refractivity contribution in [3.8, 4) is 17.1 Å². The van der Waals surface area contributed by atoms with Crippen molar-refractivity contribution in [2.24, 2.45) is 0 Å². The maximum absolute atomic E-state index is 12.9. The Hall–Kier alpha value is -3.39. The molecule has 0 aliphatic rings. The number of nitrogens with zero attached hydrogens (tertiary/aromatic N) is 5. The highest BCUT2D eigenvalue weighted by atomic mass is 35.5. The summed E-state index contributed by atoms with van der Waals surface area (Å²) >= 11 is 6.73. The number of sulfonamides is 1. The molecule has 1 amide bonds. The minimum atomic E-state index is -4.04. The second-order valence-corrected chi connectivity index (χ2v) is 10.6. The lowest BCUT2D eigenvalue weighted by Gasteiger charge is -2.11. The van der Waals surface area contributed by atoms with E-state index in [1.54, 1.807) is 42.5 Å². The Kier molecular flexibility index (Phi) is 7.40. The van der Waals surface area contributed by atoms with Gasteiger partial charge in [-0.1, -0.05) is 40.2 Å². The molecule has 182 valence electrons. The van der Waals surface area contributed by atoms with E-state index in [-0.39, 0.29) is 32.5 Å². The minimum absolute atomic E-state index is 0.0115. The standard InChI is InChI=1S/C21H19ClN6O5S2/c1-3-32-14-10-8-13(9-11-14)18-23-17(33-27-18)12-28(2)35(30,31)21-26-25-20(34-21)24-19(29)15-6-4-5-7-16(15)22/h4-11H,3,12H2,1-2H3,(H,24,25,29). The normalized spacial score (nSPS) is 11.5. The van der Waals surface area contributed by atoms with Gasteiger partial charge in [-0.2, -0.15) is 9.29 Å². The number of hydrogen-bond donors (Lipinski definition) is 1. The van der Waals surface area contributed by atoms with Crippen molar-refractivity contribution in [2.45, 2.75) is 17.8 Å². The first-order valence-corrected chi connectivity index (χ1v) is 12.8. The molecule has 0 spiro atoms. The van der Waals surface area contributed by atoms with Crippen LogP contribution in [-0.4, -0.2) is 52.6 Å². The van der Waals surface area contributed by atoms with E-state index < -0.39 is 15.9 Å². The summed E-state index contributed by atoms with van der Waals surface area (Å²) in [6, 6.07) is 13.6. The van der Waals surface area contributed by atoms with E-state index in [2.05, 4.69) is 25.7 Å². The van der Waals surface area contributed by atoms with Crippen LogP contribution in [0.1, 0.15) is 23.2 Å². The van der Waals surface area contributed by atoms with Gasteiger partial charge in [0, 0.05) is 12.6 Å². The molecule has 0 atom stereocenters. The largest absolute Gasteiger partial charge is 0.494 e. The predicted molar refractivity (Wildman–Crippen MR) is 129 cm³/mol. The Morgan fingerprint density at radius 1 is 1.17 bits per heavy atom. The van der Waals surface area contributed by atoms with Gasteiger partial charge in [-0.25, -0.2) is 8.42 Å². The lowest BCUT2D eigenvalue weighted by Crippen LogP contribution is -2.26. The van der Waals surface area contributed by atoms with Gasteiger partial charge in [0.1, 0.15) is 5.75 Å². The minimum Gasteiger partial charge on any atom is -0.494 e. The third kappa shape index (κ3) is 5.65. The zero-order chi connectivity index (χ0) is 25.0. The summed E-state index contributed by atoms with van der Waals surface area (Å²) in [6.45, 7) is 2.26. The van der Waals surface area contributed by atoms with Crippen LogP contribution in [-0.2, 0) is 16.6 Å². The van der Waals surface area contributed by atoms with Crippen molar-refractivity contribution in [1.29, 1.82) is 0 Å². The number of rotatable bonds is 9. The molecule has 0 radical (unpaired) electrons. The summed E-state index contributed by atoms with van der Waals surface area (Å²) in [4.78, 5) is 16.7. The van der Waals surface area contributed by atoms with Gasteiger partial charge >= 0.3 is 0 Å².